The van der Waals surface area contributed by atoms with E-state index in [1.165, 1.54) is 0 Å². The van der Waals surface area contributed by atoms with Gasteiger partial charge >= 0.3 is 0 Å². The van der Waals surface area contributed by atoms with Crippen molar-refractivity contribution in [3.63, 3.8) is 0 Å². The van der Waals surface area contributed by atoms with E-state index in [1.807, 2.05) is 38.1 Å². The zero-order valence-corrected chi connectivity index (χ0v) is 16.2. The molecule has 7 heteroatoms. The number of carbonyl (C=O) groups is 2. The van der Waals surface area contributed by atoms with Crippen molar-refractivity contribution in [2.45, 2.75) is 51.8 Å². The Labute approximate surface area is 160 Å². The highest BCUT2D eigenvalue weighted by molar-refractivity contribution is 5.79. The van der Waals surface area contributed by atoms with Crippen molar-refractivity contribution in [2.75, 3.05) is 19.6 Å². The number of hydrazine groups is 1. The summed E-state index contributed by atoms with van der Waals surface area (Å²) in [7, 11) is 0. The second-order valence-corrected chi connectivity index (χ2v) is 7.65. The number of carbonyl (C=O) groups excluding carboxylic acids is 2. The lowest BCUT2D eigenvalue weighted by Gasteiger charge is -2.39. The number of benzene rings is 1. The van der Waals surface area contributed by atoms with Crippen LogP contribution in [0, 0.1) is 5.92 Å². The SMILES string of the molecule is CC(C)Oc1ccc(CNC(=O)C2CCCN(C3CNNC(=O)C3)C2)cc1. The van der Waals surface area contributed by atoms with E-state index in [2.05, 4.69) is 21.1 Å². The van der Waals surface area contributed by atoms with Crippen LogP contribution in [0.3, 0.4) is 0 Å². The minimum absolute atomic E-state index is 0.0164. The third-order valence-corrected chi connectivity index (χ3v) is 5.09. The number of likely N-dealkylation sites (tertiary alicyclic amines) is 1. The Morgan fingerprint density at radius 2 is 2.11 bits per heavy atom. The van der Waals surface area contributed by atoms with E-state index in [1.54, 1.807) is 0 Å². The van der Waals surface area contributed by atoms with E-state index in [0.29, 0.717) is 19.5 Å². The van der Waals surface area contributed by atoms with Crippen LogP contribution in [0.5, 0.6) is 5.75 Å². The first kappa shape index (κ1) is 19.6. The Kier molecular flexibility index (Phi) is 6.68. The molecule has 0 aromatic heterocycles. The fourth-order valence-electron chi connectivity index (χ4n) is 3.71. The molecule has 7 nitrogen and oxygen atoms in total. The summed E-state index contributed by atoms with van der Waals surface area (Å²) in [5, 5.41) is 3.06. The first-order chi connectivity index (χ1) is 13.0. The first-order valence-corrected chi connectivity index (χ1v) is 9.80. The molecule has 2 amide bonds. The van der Waals surface area contributed by atoms with E-state index in [9.17, 15) is 9.59 Å². The van der Waals surface area contributed by atoms with Gasteiger partial charge in [-0.3, -0.25) is 19.9 Å². The molecule has 27 heavy (non-hydrogen) atoms. The van der Waals surface area contributed by atoms with Crippen molar-refractivity contribution in [3.8, 4) is 5.75 Å². The molecule has 2 heterocycles. The average Bonchev–Trinajstić information content (AvgIpc) is 2.67. The second kappa shape index (κ2) is 9.19. The van der Waals surface area contributed by atoms with Crippen LogP contribution in [0.15, 0.2) is 24.3 Å². The number of ether oxygens (including phenoxy) is 1. The van der Waals surface area contributed by atoms with E-state index in [-0.39, 0.29) is 29.9 Å². The monoisotopic (exact) mass is 374 g/mol. The van der Waals surface area contributed by atoms with Gasteiger partial charge in [0.05, 0.1) is 12.0 Å². The summed E-state index contributed by atoms with van der Waals surface area (Å²) in [5.41, 5.74) is 6.63. The minimum Gasteiger partial charge on any atom is -0.491 e. The van der Waals surface area contributed by atoms with Crippen LogP contribution in [0.25, 0.3) is 0 Å². The topological polar surface area (TPSA) is 82.7 Å². The van der Waals surface area contributed by atoms with E-state index in [4.69, 9.17) is 4.74 Å². The molecule has 2 saturated heterocycles. The normalized spacial score (nSPS) is 23.7. The number of nitrogens with zero attached hydrogens (tertiary/aromatic N) is 1. The molecule has 0 saturated carbocycles. The van der Waals surface area contributed by atoms with Gasteiger partial charge in [-0.2, -0.15) is 0 Å². The highest BCUT2D eigenvalue weighted by Crippen LogP contribution is 2.21. The van der Waals surface area contributed by atoms with Crippen molar-refractivity contribution < 1.29 is 14.3 Å². The molecule has 0 bridgehead atoms. The Balaban J connectivity index is 1.48. The van der Waals surface area contributed by atoms with E-state index < -0.39 is 0 Å². The van der Waals surface area contributed by atoms with Gasteiger partial charge in [0.25, 0.3) is 0 Å². The van der Waals surface area contributed by atoms with Crippen LogP contribution in [0.1, 0.15) is 38.7 Å². The Hall–Kier alpha value is -2.12. The van der Waals surface area contributed by atoms with Gasteiger partial charge in [-0.05, 0) is 50.9 Å². The standard InChI is InChI=1S/C20H30N4O3/c1-14(2)27-18-7-5-15(6-8-18)11-21-20(26)16-4-3-9-24(13-16)17-10-19(25)23-22-12-17/h5-8,14,16-17,22H,3-4,9-13H2,1-2H3,(H,21,26)(H,23,25). The molecule has 2 atom stereocenters. The average molecular weight is 374 g/mol. The molecule has 1 aromatic rings. The van der Waals surface area contributed by atoms with E-state index >= 15 is 0 Å². The molecule has 3 rings (SSSR count). The fraction of sp³-hybridized carbons (Fsp3) is 0.600. The van der Waals surface area contributed by atoms with Crippen LogP contribution >= 0.6 is 0 Å². The highest BCUT2D eigenvalue weighted by Gasteiger charge is 2.32. The summed E-state index contributed by atoms with van der Waals surface area (Å²) < 4.78 is 5.64. The Morgan fingerprint density at radius 1 is 1.33 bits per heavy atom. The van der Waals surface area contributed by atoms with Gasteiger partial charge in [0.2, 0.25) is 11.8 Å². The summed E-state index contributed by atoms with van der Waals surface area (Å²) in [4.78, 5) is 26.5. The predicted molar refractivity (Wildman–Crippen MR) is 103 cm³/mol. The van der Waals surface area contributed by atoms with Crippen molar-refractivity contribution in [2.24, 2.45) is 5.92 Å². The molecule has 2 unspecified atom stereocenters. The van der Waals surface area contributed by atoms with Crippen molar-refractivity contribution >= 4 is 11.8 Å². The highest BCUT2D eigenvalue weighted by atomic mass is 16.5. The van der Waals surface area contributed by atoms with Gasteiger partial charge < -0.3 is 10.1 Å². The van der Waals surface area contributed by atoms with Crippen LogP contribution in [0.4, 0.5) is 0 Å². The van der Waals surface area contributed by atoms with Gasteiger partial charge in [0, 0.05) is 32.1 Å². The van der Waals surface area contributed by atoms with Crippen LogP contribution < -0.4 is 20.9 Å². The van der Waals surface area contributed by atoms with Crippen LogP contribution in [0.2, 0.25) is 0 Å². The summed E-state index contributed by atoms with van der Waals surface area (Å²) in [6.45, 7) is 6.90. The third-order valence-electron chi connectivity index (χ3n) is 5.09. The largest absolute Gasteiger partial charge is 0.491 e. The Bertz CT molecular complexity index is 647. The zero-order valence-electron chi connectivity index (χ0n) is 16.2. The van der Waals surface area contributed by atoms with Gasteiger partial charge in [0.15, 0.2) is 0 Å². The summed E-state index contributed by atoms with van der Waals surface area (Å²) in [6.07, 6.45) is 2.52. The minimum atomic E-state index is -0.0210. The lowest BCUT2D eigenvalue weighted by molar-refractivity contribution is -0.128. The number of piperidine rings is 1. The van der Waals surface area contributed by atoms with Crippen LogP contribution in [-0.2, 0) is 16.1 Å². The first-order valence-electron chi connectivity index (χ1n) is 9.80. The predicted octanol–water partition coefficient (Wildman–Crippen LogP) is 1.20. The molecule has 0 aliphatic carbocycles. The van der Waals surface area contributed by atoms with Gasteiger partial charge in [-0.1, -0.05) is 12.1 Å². The molecular weight excluding hydrogens is 344 g/mol. The van der Waals surface area contributed by atoms with Crippen LogP contribution in [-0.4, -0.2) is 48.5 Å². The molecule has 2 aliphatic rings. The second-order valence-electron chi connectivity index (χ2n) is 7.65. The molecule has 2 aliphatic heterocycles. The maximum Gasteiger partial charge on any atom is 0.235 e. The lowest BCUT2D eigenvalue weighted by Crippen LogP contribution is -2.57. The van der Waals surface area contributed by atoms with Crippen molar-refractivity contribution in [1.29, 1.82) is 0 Å². The molecule has 1 aromatic carbocycles. The van der Waals surface area contributed by atoms with Gasteiger partial charge in [-0.25, -0.2) is 5.43 Å². The molecule has 0 spiro atoms. The van der Waals surface area contributed by atoms with Crippen molar-refractivity contribution in [1.82, 2.24) is 21.1 Å². The fourth-order valence-corrected chi connectivity index (χ4v) is 3.71. The maximum atomic E-state index is 12.6. The summed E-state index contributed by atoms with van der Waals surface area (Å²) in [5.74, 6) is 0.929. The molecule has 2 fully saturated rings. The lowest BCUT2D eigenvalue weighted by atomic mass is 9.94. The number of hydrogen-bond donors (Lipinski definition) is 3. The Morgan fingerprint density at radius 3 is 2.81 bits per heavy atom. The zero-order chi connectivity index (χ0) is 19.2. The number of amides is 2. The number of rotatable bonds is 6. The van der Waals surface area contributed by atoms with E-state index in [0.717, 1.165) is 37.2 Å². The summed E-state index contributed by atoms with van der Waals surface area (Å²) in [6, 6.07) is 8.01. The molecule has 148 valence electrons. The summed E-state index contributed by atoms with van der Waals surface area (Å²) >= 11 is 0. The number of hydrogen-bond acceptors (Lipinski definition) is 5. The smallest absolute Gasteiger partial charge is 0.235 e. The molecule has 0 radical (unpaired) electrons. The van der Waals surface area contributed by atoms with Crippen molar-refractivity contribution in [3.05, 3.63) is 29.8 Å². The molecular formula is C20H30N4O3. The molecule has 3 N–H and O–H groups in total. The van der Waals surface area contributed by atoms with Gasteiger partial charge in [0.1, 0.15) is 5.75 Å². The quantitative estimate of drug-likeness (QED) is 0.697. The maximum absolute atomic E-state index is 12.6. The number of nitrogens with one attached hydrogen (secondary N) is 3. The third kappa shape index (κ3) is 5.68. The van der Waals surface area contributed by atoms with Gasteiger partial charge in [-0.15, -0.1) is 0 Å².